The van der Waals surface area contributed by atoms with Crippen molar-refractivity contribution < 1.29 is 8.81 Å². The van der Waals surface area contributed by atoms with E-state index in [2.05, 4.69) is 10.2 Å². The lowest BCUT2D eigenvalue weighted by molar-refractivity contribution is 0.466. The first kappa shape index (κ1) is 15.6. The number of halogens is 2. The lowest BCUT2D eigenvalue weighted by Crippen LogP contribution is -1.86. The second kappa shape index (κ2) is 6.55. The molecular weight excluding hydrogens is 367 g/mol. The number of rotatable bonds is 4. The topological polar surface area (TPSA) is 38.9 Å². The van der Waals surface area contributed by atoms with E-state index in [9.17, 15) is 4.39 Å². The van der Waals surface area contributed by atoms with Gasteiger partial charge in [-0.3, -0.25) is 0 Å². The van der Waals surface area contributed by atoms with Crippen molar-refractivity contribution in [2.75, 3.05) is 0 Å². The molecule has 0 aliphatic carbocycles. The molecule has 0 fully saturated rings. The second-order valence-electron chi connectivity index (χ2n) is 4.99. The highest BCUT2D eigenvalue weighted by molar-refractivity contribution is 7.98. The van der Waals surface area contributed by atoms with E-state index >= 15 is 0 Å². The molecule has 0 aliphatic rings. The van der Waals surface area contributed by atoms with Crippen molar-refractivity contribution >= 4 is 44.8 Å². The minimum absolute atomic E-state index is 0.239. The van der Waals surface area contributed by atoms with E-state index in [4.69, 9.17) is 16.0 Å². The van der Waals surface area contributed by atoms with Gasteiger partial charge in [-0.25, -0.2) is 4.39 Å². The smallest absolute Gasteiger partial charge is 0.277 e. The summed E-state index contributed by atoms with van der Waals surface area (Å²) in [5, 5.41) is 10.1. The average Bonchev–Trinajstić information content (AvgIpc) is 3.19. The number of hydrogen-bond donors (Lipinski definition) is 0. The molecule has 2 aromatic carbocycles. The van der Waals surface area contributed by atoms with Gasteiger partial charge in [-0.2, -0.15) is 0 Å². The van der Waals surface area contributed by atoms with Crippen molar-refractivity contribution in [1.29, 1.82) is 0 Å². The molecule has 2 heterocycles. The summed E-state index contributed by atoms with van der Waals surface area (Å²) >= 11 is 9.23. The van der Waals surface area contributed by atoms with Gasteiger partial charge in [-0.1, -0.05) is 59.8 Å². The summed E-state index contributed by atoms with van der Waals surface area (Å²) in [6.45, 7) is 0. The molecule has 0 amide bonds. The van der Waals surface area contributed by atoms with Crippen molar-refractivity contribution in [3.05, 3.63) is 64.9 Å². The highest BCUT2D eigenvalue weighted by atomic mass is 35.5. The quantitative estimate of drug-likeness (QED) is 0.407. The highest BCUT2D eigenvalue weighted by Crippen LogP contribution is 2.41. The van der Waals surface area contributed by atoms with Crippen LogP contribution in [0.5, 0.6) is 0 Å². The molecule has 7 heteroatoms. The Morgan fingerprint density at radius 3 is 2.71 bits per heavy atom. The van der Waals surface area contributed by atoms with E-state index in [0.717, 1.165) is 15.0 Å². The number of thioether (sulfide) groups is 1. The predicted molar refractivity (Wildman–Crippen MR) is 96.1 cm³/mol. The Morgan fingerprint density at radius 1 is 1.08 bits per heavy atom. The van der Waals surface area contributed by atoms with Crippen LogP contribution in [-0.2, 0) is 5.75 Å². The normalized spacial score (nSPS) is 11.2. The minimum atomic E-state index is -0.239. The second-order valence-corrected chi connectivity index (χ2v) is 7.35. The molecule has 4 aromatic rings. The Morgan fingerprint density at radius 2 is 1.88 bits per heavy atom. The summed E-state index contributed by atoms with van der Waals surface area (Å²) in [7, 11) is 0. The average molecular weight is 377 g/mol. The lowest BCUT2D eigenvalue weighted by atomic mass is 10.2. The molecule has 0 spiro atoms. The number of nitrogens with zero attached hydrogens (tertiary/aromatic N) is 2. The zero-order valence-corrected chi connectivity index (χ0v) is 14.6. The van der Waals surface area contributed by atoms with Crippen LogP contribution < -0.4 is 0 Å². The van der Waals surface area contributed by atoms with Gasteiger partial charge in [0.05, 0.1) is 5.02 Å². The van der Waals surface area contributed by atoms with Crippen molar-refractivity contribution in [3.8, 4) is 10.8 Å². The van der Waals surface area contributed by atoms with Gasteiger partial charge in [-0.15, -0.1) is 21.5 Å². The summed E-state index contributed by atoms with van der Waals surface area (Å²) in [6, 6.07) is 14.5. The lowest BCUT2D eigenvalue weighted by Gasteiger charge is -1.99. The van der Waals surface area contributed by atoms with E-state index < -0.39 is 0 Å². The molecular formula is C17H10ClFN2OS2. The summed E-state index contributed by atoms with van der Waals surface area (Å²) in [5.41, 5.74) is 0.599. The van der Waals surface area contributed by atoms with Gasteiger partial charge in [0.25, 0.3) is 11.1 Å². The van der Waals surface area contributed by atoms with Crippen LogP contribution in [0.3, 0.4) is 0 Å². The summed E-state index contributed by atoms with van der Waals surface area (Å²) in [5.74, 6) is 0.573. The molecule has 0 saturated heterocycles. The van der Waals surface area contributed by atoms with Crippen LogP contribution in [0.15, 0.2) is 58.2 Å². The SMILES string of the molecule is Fc1ccccc1CSc1nnc(-c2sc3ccccc3c2Cl)o1. The predicted octanol–water partition coefficient (Wildman–Crippen LogP) is 6.04. The number of aromatic nitrogens is 2. The van der Waals surface area contributed by atoms with E-state index in [-0.39, 0.29) is 5.82 Å². The first-order valence-corrected chi connectivity index (χ1v) is 9.27. The van der Waals surface area contributed by atoms with Gasteiger partial charge in [-0.05, 0) is 17.7 Å². The van der Waals surface area contributed by atoms with Crippen molar-refractivity contribution in [3.63, 3.8) is 0 Å². The Kier molecular flexibility index (Phi) is 4.26. The molecule has 0 saturated carbocycles. The monoisotopic (exact) mass is 376 g/mol. The van der Waals surface area contributed by atoms with Gasteiger partial charge in [0.2, 0.25) is 0 Å². The summed E-state index contributed by atoms with van der Waals surface area (Å²) < 4.78 is 20.4. The molecule has 0 atom stereocenters. The molecule has 24 heavy (non-hydrogen) atoms. The number of thiophene rings is 1. The zero-order valence-electron chi connectivity index (χ0n) is 12.2. The molecule has 3 nitrogen and oxygen atoms in total. The molecule has 0 bridgehead atoms. The van der Waals surface area contributed by atoms with Crippen LogP contribution >= 0.6 is 34.7 Å². The fraction of sp³-hybridized carbons (Fsp3) is 0.0588. The van der Waals surface area contributed by atoms with Gasteiger partial charge in [0.15, 0.2) is 0 Å². The largest absolute Gasteiger partial charge is 0.410 e. The maximum Gasteiger partial charge on any atom is 0.277 e. The fourth-order valence-electron chi connectivity index (χ4n) is 2.27. The van der Waals surface area contributed by atoms with E-state index in [1.54, 1.807) is 18.2 Å². The maximum absolute atomic E-state index is 13.6. The first-order valence-electron chi connectivity index (χ1n) is 7.09. The van der Waals surface area contributed by atoms with Gasteiger partial charge < -0.3 is 4.42 Å². The van der Waals surface area contributed by atoms with Crippen LogP contribution in [0.25, 0.3) is 20.9 Å². The van der Waals surface area contributed by atoms with Crippen molar-refractivity contribution in [2.45, 2.75) is 11.0 Å². The first-order chi connectivity index (χ1) is 11.7. The van der Waals surface area contributed by atoms with Crippen molar-refractivity contribution in [1.82, 2.24) is 10.2 Å². The molecule has 2 aromatic heterocycles. The summed E-state index contributed by atoms with van der Waals surface area (Å²) in [6.07, 6.45) is 0. The Balaban J connectivity index is 1.58. The molecule has 0 unspecified atom stereocenters. The van der Waals surface area contributed by atoms with Crippen LogP contribution in [0, 0.1) is 5.82 Å². The molecule has 0 radical (unpaired) electrons. The van der Waals surface area contributed by atoms with Crippen LogP contribution in [0.2, 0.25) is 5.02 Å². The molecule has 0 N–H and O–H groups in total. The Hall–Kier alpha value is -1.89. The van der Waals surface area contributed by atoms with Gasteiger partial charge in [0.1, 0.15) is 10.7 Å². The summed E-state index contributed by atoms with van der Waals surface area (Å²) in [4.78, 5) is 0.753. The maximum atomic E-state index is 13.6. The third-order valence-corrected chi connectivity index (χ3v) is 5.98. The Labute approximate surface area is 150 Å². The van der Waals surface area contributed by atoms with Crippen LogP contribution in [0.4, 0.5) is 4.39 Å². The third kappa shape index (κ3) is 2.92. The fourth-order valence-corrected chi connectivity index (χ4v) is 4.45. The number of fused-ring (bicyclic) bond motifs is 1. The van der Waals surface area contributed by atoms with Crippen LogP contribution in [-0.4, -0.2) is 10.2 Å². The van der Waals surface area contributed by atoms with E-state index in [1.807, 2.05) is 24.3 Å². The minimum Gasteiger partial charge on any atom is -0.410 e. The number of hydrogen-bond acceptors (Lipinski definition) is 5. The number of benzene rings is 2. The molecule has 120 valence electrons. The van der Waals surface area contributed by atoms with Crippen LogP contribution in [0.1, 0.15) is 5.56 Å². The van der Waals surface area contributed by atoms with E-state index in [1.165, 1.54) is 29.2 Å². The van der Waals surface area contributed by atoms with Gasteiger partial charge >= 0.3 is 0 Å². The standard InChI is InChI=1S/C17H10ClFN2OS2/c18-14-11-6-2-4-8-13(11)24-15(14)16-20-21-17(22-16)23-9-10-5-1-3-7-12(10)19/h1-8H,9H2. The van der Waals surface area contributed by atoms with Crippen molar-refractivity contribution in [2.24, 2.45) is 0 Å². The van der Waals surface area contributed by atoms with E-state index in [0.29, 0.717) is 27.5 Å². The highest BCUT2D eigenvalue weighted by Gasteiger charge is 2.18. The zero-order chi connectivity index (χ0) is 16.5. The Bertz CT molecular complexity index is 1010. The third-order valence-electron chi connectivity index (χ3n) is 3.44. The molecule has 0 aliphatic heterocycles. The molecule has 4 rings (SSSR count). The van der Waals surface area contributed by atoms with Gasteiger partial charge in [0, 0.05) is 15.8 Å².